The van der Waals surface area contributed by atoms with Crippen molar-refractivity contribution in [1.82, 2.24) is 10.6 Å². The van der Waals surface area contributed by atoms with E-state index in [1.165, 1.54) is 0 Å². The average Bonchev–Trinajstić information content (AvgIpc) is 3.18. The van der Waals surface area contributed by atoms with Crippen LogP contribution in [0.5, 0.6) is 11.5 Å². The predicted molar refractivity (Wildman–Crippen MR) is 102 cm³/mol. The smallest absolute Gasteiger partial charge is 0.191 e. The maximum atomic E-state index is 5.77. The van der Waals surface area contributed by atoms with Gasteiger partial charge in [-0.15, -0.1) is 0 Å². The van der Waals surface area contributed by atoms with Crippen molar-refractivity contribution in [2.75, 3.05) is 47.1 Å². The van der Waals surface area contributed by atoms with E-state index in [-0.39, 0.29) is 6.10 Å². The summed E-state index contributed by atoms with van der Waals surface area (Å²) < 4.78 is 21.9. The van der Waals surface area contributed by atoms with E-state index >= 15 is 0 Å². The standard InChI is InChI=1S/C19H31N3O4/c1-4-20-19(21-10-6-11-26-16-9-12-25-14-16)22-13-15-7-5-8-17(23-2)18(15)24-3/h5,7-8,16H,4,6,9-14H2,1-3H3,(H2,20,21,22). The van der Waals surface area contributed by atoms with Crippen molar-refractivity contribution in [2.24, 2.45) is 4.99 Å². The van der Waals surface area contributed by atoms with E-state index < -0.39 is 0 Å². The van der Waals surface area contributed by atoms with E-state index in [0.717, 1.165) is 63.0 Å². The zero-order chi connectivity index (χ0) is 18.6. The highest BCUT2D eigenvalue weighted by atomic mass is 16.5. The zero-order valence-corrected chi connectivity index (χ0v) is 16.0. The lowest BCUT2D eigenvalue weighted by atomic mass is 10.2. The minimum absolute atomic E-state index is 0.262. The number of ether oxygens (including phenoxy) is 4. The summed E-state index contributed by atoms with van der Waals surface area (Å²) in [5, 5.41) is 6.59. The highest BCUT2D eigenvalue weighted by molar-refractivity contribution is 5.79. The van der Waals surface area contributed by atoms with E-state index in [9.17, 15) is 0 Å². The van der Waals surface area contributed by atoms with E-state index in [4.69, 9.17) is 18.9 Å². The summed E-state index contributed by atoms with van der Waals surface area (Å²) >= 11 is 0. The molecule has 0 bridgehead atoms. The van der Waals surface area contributed by atoms with Gasteiger partial charge in [-0.3, -0.25) is 0 Å². The van der Waals surface area contributed by atoms with Gasteiger partial charge in [-0.05, 0) is 25.8 Å². The van der Waals surface area contributed by atoms with Crippen molar-refractivity contribution in [2.45, 2.75) is 32.4 Å². The lowest BCUT2D eigenvalue weighted by Gasteiger charge is -2.14. The Morgan fingerprint density at radius 2 is 2.15 bits per heavy atom. The van der Waals surface area contributed by atoms with Crippen LogP contribution in [-0.4, -0.2) is 59.2 Å². The van der Waals surface area contributed by atoms with Crippen LogP contribution in [-0.2, 0) is 16.0 Å². The number of nitrogens with one attached hydrogen (secondary N) is 2. The molecule has 26 heavy (non-hydrogen) atoms. The number of methoxy groups -OCH3 is 2. The normalized spacial score (nSPS) is 17.2. The Balaban J connectivity index is 1.82. The molecule has 1 fully saturated rings. The molecule has 1 aliphatic rings. The van der Waals surface area contributed by atoms with Gasteiger partial charge >= 0.3 is 0 Å². The molecule has 1 aromatic carbocycles. The minimum Gasteiger partial charge on any atom is -0.493 e. The number of para-hydroxylation sites is 1. The Hall–Kier alpha value is -1.99. The molecule has 1 saturated heterocycles. The summed E-state index contributed by atoms with van der Waals surface area (Å²) in [5.41, 5.74) is 0.980. The number of hydrogen-bond acceptors (Lipinski definition) is 5. The summed E-state index contributed by atoms with van der Waals surface area (Å²) in [6.07, 6.45) is 2.18. The average molecular weight is 365 g/mol. The number of hydrogen-bond donors (Lipinski definition) is 2. The lowest BCUT2D eigenvalue weighted by Crippen LogP contribution is -2.38. The van der Waals surface area contributed by atoms with Gasteiger partial charge in [-0.1, -0.05) is 12.1 Å². The second-order valence-electron chi connectivity index (χ2n) is 5.98. The van der Waals surface area contributed by atoms with Gasteiger partial charge in [-0.25, -0.2) is 4.99 Å². The lowest BCUT2D eigenvalue weighted by molar-refractivity contribution is 0.0420. The van der Waals surface area contributed by atoms with Crippen molar-refractivity contribution in [3.8, 4) is 11.5 Å². The molecule has 7 nitrogen and oxygen atoms in total. The minimum atomic E-state index is 0.262. The first-order valence-electron chi connectivity index (χ1n) is 9.19. The number of nitrogens with zero attached hydrogens (tertiary/aromatic N) is 1. The third kappa shape index (κ3) is 6.38. The monoisotopic (exact) mass is 365 g/mol. The van der Waals surface area contributed by atoms with Gasteiger partial charge in [0.25, 0.3) is 0 Å². The van der Waals surface area contributed by atoms with Crippen LogP contribution in [0.2, 0.25) is 0 Å². The molecule has 0 radical (unpaired) electrons. The molecule has 1 atom stereocenters. The van der Waals surface area contributed by atoms with Crippen molar-refractivity contribution in [1.29, 1.82) is 0 Å². The van der Waals surface area contributed by atoms with Gasteiger partial charge in [0.1, 0.15) is 0 Å². The Morgan fingerprint density at radius 3 is 2.85 bits per heavy atom. The van der Waals surface area contributed by atoms with Crippen LogP contribution < -0.4 is 20.1 Å². The maximum absolute atomic E-state index is 5.77. The summed E-state index contributed by atoms with van der Waals surface area (Å²) in [6.45, 7) is 6.42. The maximum Gasteiger partial charge on any atom is 0.191 e. The second kappa shape index (κ2) is 11.6. The summed E-state index contributed by atoms with van der Waals surface area (Å²) in [5.74, 6) is 2.22. The molecule has 0 saturated carbocycles. The molecule has 1 aromatic rings. The van der Waals surface area contributed by atoms with Crippen LogP contribution in [0, 0.1) is 0 Å². The van der Waals surface area contributed by atoms with E-state index in [1.807, 2.05) is 25.1 Å². The largest absolute Gasteiger partial charge is 0.493 e. The molecule has 0 aliphatic carbocycles. The topological polar surface area (TPSA) is 73.3 Å². The van der Waals surface area contributed by atoms with Crippen LogP contribution in [0.4, 0.5) is 0 Å². The molecule has 0 aromatic heterocycles. The fraction of sp³-hybridized carbons (Fsp3) is 0.632. The highest BCUT2D eigenvalue weighted by Crippen LogP contribution is 2.30. The van der Waals surface area contributed by atoms with Crippen LogP contribution in [0.1, 0.15) is 25.3 Å². The summed E-state index contributed by atoms with van der Waals surface area (Å²) in [7, 11) is 3.28. The number of guanidine groups is 1. The van der Waals surface area contributed by atoms with E-state index in [0.29, 0.717) is 12.3 Å². The fourth-order valence-corrected chi connectivity index (χ4v) is 2.76. The zero-order valence-electron chi connectivity index (χ0n) is 16.0. The predicted octanol–water partition coefficient (Wildman–Crippen LogP) is 1.95. The van der Waals surface area contributed by atoms with Gasteiger partial charge < -0.3 is 29.6 Å². The van der Waals surface area contributed by atoms with Crippen molar-refractivity contribution < 1.29 is 18.9 Å². The molecule has 2 rings (SSSR count). The molecule has 1 aliphatic heterocycles. The summed E-state index contributed by atoms with van der Waals surface area (Å²) in [4.78, 5) is 4.64. The van der Waals surface area contributed by atoms with Gasteiger partial charge in [0.05, 0.1) is 33.5 Å². The van der Waals surface area contributed by atoms with Gasteiger partial charge in [0.2, 0.25) is 0 Å². The Bertz CT molecular complexity index is 560. The Morgan fingerprint density at radius 1 is 1.27 bits per heavy atom. The van der Waals surface area contributed by atoms with Crippen molar-refractivity contribution >= 4 is 5.96 Å². The van der Waals surface area contributed by atoms with Gasteiger partial charge in [0, 0.05) is 31.9 Å². The molecular formula is C19H31N3O4. The Labute approximate surface area is 156 Å². The second-order valence-corrected chi connectivity index (χ2v) is 5.98. The molecule has 1 heterocycles. The first-order valence-corrected chi connectivity index (χ1v) is 9.19. The fourth-order valence-electron chi connectivity index (χ4n) is 2.76. The SMILES string of the molecule is CCNC(=NCc1cccc(OC)c1OC)NCCCOC1CCOC1. The third-order valence-electron chi connectivity index (χ3n) is 4.09. The molecule has 0 amide bonds. The molecule has 7 heteroatoms. The quantitative estimate of drug-likeness (QED) is 0.375. The first-order chi connectivity index (χ1) is 12.8. The van der Waals surface area contributed by atoms with Crippen molar-refractivity contribution in [3.63, 3.8) is 0 Å². The number of aliphatic imine (C=N–C) groups is 1. The van der Waals surface area contributed by atoms with Crippen molar-refractivity contribution in [3.05, 3.63) is 23.8 Å². The van der Waals surface area contributed by atoms with Gasteiger partial charge in [-0.2, -0.15) is 0 Å². The molecular weight excluding hydrogens is 334 g/mol. The first kappa shape index (κ1) is 20.3. The van der Waals surface area contributed by atoms with Crippen LogP contribution in [0.25, 0.3) is 0 Å². The van der Waals surface area contributed by atoms with Gasteiger partial charge in [0.15, 0.2) is 17.5 Å². The Kier molecular flexibility index (Phi) is 9.06. The number of rotatable bonds is 10. The molecule has 0 spiro atoms. The molecule has 1 unspecified atom stereocenters. The van der Waals surface area contributed by atoms with Crippen LogP contribution >= 0.6 is 0 Å². The van der Waals surface area contributed by atoms with Crippen LogP contribution in [0.15, 0.2) is 23.2 Å². The summed E-state index contributed by atoms with van der Waals surface area (Å²) in [6, 6.07) is 5.81. The van der Waals surface area contributed by atoms with E-state index in [1.54, 1.807) is 14.2 Å². The molecule has 2 N–H and O–H groups in total. The third-order valence-corrected chi connectivity index (χ3v) is 4.09. The highest BCUT2D eigenvalue weighted by Gasteiger charge is 2.15. The number of benzene rings is 1. The van der Waals surface area contributed by atoms with Crippen LogP contribution in [0.3, 0.4) is 0 Å². The molecule has 146 valence electrons. The van der Waals surface area contributed by atoms with E-state index in [2.05, 4.69) is 15.6 Å².